The zero-order valence-corrected chi connectivity index (χ0v) is 31.9. The van der Waals surface area contributed by atoms with E-state index >= 15 is 0 Å². The van der Waals surface area contributed by atoms with Crippen LogP contribution in [-0.2, 0) is 32.7 Å². The largest absolute Gasteiger partial charge is 0.756 e. The Morgan fingerprint density at radius 1 is 0.638 bits per heavy atom. The first-order chi connectivity index (χ1) is 22.5. The second-order valence-electron chi connectivity index (χ2n) is 13.9. The minimum atomic E-state index is -4.61. The lowest BCUT2D eigenvalue weighted by atomic mass is 10.1. The number of allylic oxidation sites excluding steroid dienone is 2. The fourth-order valence-electron chi connectivity index (χ4n) is 5.00. The molecule has 0 bridgehead atoms. The molecule has 0 fully saturated rings. The number of ether oxygens (including phenoxy) is 2. The van der Waals surface area contributed by atoms with Gasteiger partial charge in [0.1, 0.15) is 19.8 Å². The van der Waals surface area contributed by atoms with Gasteiger partial charge in [0.2, 0.25) is 0 Å². The molecular formula is C37H72NO8P. The molecule has 0 radical (unpaired) electrons. The number of carbonyl (C=O) groups is 2. The number of phosphoric acid groups is 1. The maximum Gasteiger partial charge on any atom is 0.306 e. The SMILES string of the molecule is CCCCCCC/C=C\CCCCCCCC(=O)OC[C@H](COP(=O)([O-])OCC[N+](C)(C)C)OC(=O)CCCCCCCCCCC. The van der Waals surface area contributed by atoms with Crippen LogP contribution in [0, 0.1) is 0 Å². The molecule has 0 aliphatic heterocycles. The molecule has 278 valence electrons. The average Bonchev–Trinajstić information content (AvgIpc) is 3.01. The Bertz CT molecular complexity index is 830. The number of carbonyl (C=O) groups excluding carboxylic acids is 2. The monoisotopic (exact) mass is 689 g/mol. The van der Waals surface area contributed by atoms with Gasteiger partial charge in [0, 0.05) is 12.8 Å². The molecule has 0 rings (SSSR count). The van der Waals surface area contributed by atoms with Crippen LogP contribution in [0.5, 0.6) is 0 Å². The molecule has 9 nitrogen and oxygen atoms in total. The molecule has 47 heavy (non-hydrogen) atoms. The first-order valence-corrected chi connectivity index (χ1v) is 20.4. The highest BCUT2D eigenvalue weighted by atomic mass is 31.2. The number of quaternary nitrogens is 1. The maximum absolute atomic E-state index is 12.5. The zero-order chi connectivity index (χ0) is 35.1. The van der Waals surface area contributed by atoms with E-state index in [0.29, 0.717) is 17.4 Å². The number of phosphoric ester groups is 1. The number of hydrogen-bond donors (Lipinski definition) is 0. The highest BCUT2D eigenvalue weighted by Gasteiger charge is 2.21. The van der Waals surface area contributed by atoms with Gasteiger partial charge in [-0.3, -0.25) is 14.2 Å². The van der Waals surface area contributed by atoms with Crippen molar-refractivity contribution in [1.82, 2.24) is 0 Å². The van der Waals surface area contributed by atoms with Crippen molar-refractivity contribution in [1.29, 1.82) is 0 Å². The zero-order valence-electron chi connectivity index (χ0n) is 31.0. The minimum Gasteiger partial charge on any atom is -0.756 e. The third-order valence-corrected chi connectivity index (χ3v) is 9.00. The molecule has 0 saturated heterocycles. The predicted octanol–water partition coefficient (Wildman–Crippen LogP) is 9.22. The van der Waals surface area contributed by atoms with Gasteiger partial charge in [-0.25, -0.2) is 0 Å². The molecule has 0 aromatic rings. The van der Waals surface area contributed by atoms with Crippen LogP contribution < -0.4 is 4.89 Å². The van der Waals surface area contributed by atoms with Crippen LogP contribution in [0.4, 0.5) is 0 Å². The Kier molecular flexibility index (Phi) is 30.0. The van der Waals surface area contributed by atoms with Crippen molar-refractivity contribution in [3.05, 3.63) is 12.2 Å². The quantitative estimate of drug-likeness (QED) is 0.0216. The average molecular weight is 690 g/mol. The Balaban J connectivity index is 4.42. The summed E-state index contributed by atoms with van der Waals surface area (Å²) in [5.74, 6) is -0.845. The van der Waals surface area contributed by atoms with Gasteiger partial charge in [-0.1, -0.05) is 122 Å². The van der Waals surface area contributed by atoms with Gasteiger partial charge in [0.15, 0.2) is 6.10 Å². The number of rotatable bonds is 34. The van der Waals surface area contributed by atoms with Gasteiger partial charge in [-0.15, -0.1) is 0 Å². The molecule has 2 atom stereocenters. The fraction of sp³-hybridized carbons (Fsp3) is 0.892. The lowest BCUT2D eigenvalue weighted by Crippen LogP contribution is -2.37. The summed E-state index contributed by atoms with van der Waals surface area (Å²) in [6.45, 7) is 4.17. The number of nitrogens with zero attached hydrogens (tertiary/aromatic N) is 1. The standard InChI is InChI=1S/C37H72NO8P/c1-6-8-10-12-14-16-17-18-19-20-22-23-25-27-29-36(39)43-33-35(34-45-47(41,42)44-32-31-38(3,4)5)46-37(40)30-28-26-24-21-15-13-11-9-7-2/h17-18,35H,6-16,19-34H2,1-5H3/b18-17-/t35-/m1/s1. The van der Waals surface area contributed by atoms with Gasteiger partial charge in [0.05, 0.1) is 27.7 Å². The first-order valence-electron chi connectivity index (χ1n) is 18.9. The molecule has 1 unspecified atom stereocenters. The summed E-state index contributed by atoms with van der Waals surface area (Å²) < 4.78 is 33.7. The van der Waals surface area contributed by atoms with Gasteiger partial charge >= 0.3 is 11.9 Å². The third kappa shape index (κ3) is 34.4. The summed E-state index contributed by atoms with van der Waals surface area (Å²) in [6.07, 6.45) is 28.1. The lowest BCUT2D eigenvalue weighted by molar-refractivity contribution is -0.870. The van der Waals surface area contributed by atoms with Crippen molar-refractivity contribution in [2.24, 2.45) is 0 Å². The van der Waals surface area contributed by atoms with E-state index in [9.17, 15) is 19.0 Å². The Morgan fingerprint density at radius 3 is 1.57 bits per heavy atom. The molecule has 0 spiro atoms. The van der Waals surface area contributed by atoms with E-state index in [1.165, 1.54) is 70.6 Å². The summed E-state index contributed by atoms with van der Waals surface area (Å²) in [5, 5.41) is 0. The molecule has 0 aromatic carbocycles. The summed E-state index contributed by atoms with van der Waals surface area (Å²) in [5.41, 5.74) is 0. The van der Waals surface area contributed by atoms with Crippen molar-refractivity contribution in [3.63, 3.8) is 0 Å². The van der Waals surface area contributed by atoms with Crippen molar-refractivity contribution >= 4 is 19.8 Å². The van der Waals surface area contributed by atoms with Gasteiger partial charge in [-0.2, -0.15) is 0 Å². The predicted molar refractivity (Wildman–Crippen MR) is 190 cm³/mol. The Labute approximate surface area is 288 Å². The van der Waals surface area contributed by atoms with Crippen LogP contribution in [0.15, 0.2) is 12.2 Å². The molecule has 0 amide bonds. The van der Waals surface area contributed by atoms with Gasteiger partial charge in [0.25, 0.3) is 7.82 Å². The second-order valence-corrected chi connectivity index (χ2v) is 15.4. The van der Waals surface area contributed by atoms with Crippen LogP contribution in [0.25, 0.3) is 0 Å². The van der Waals surface area contributed by atoms with Crippen molar-refractivity contribution < 1.29 is 42.1 Å². The van der Waals surface area contributed by atoms with E-state index in [2.05, 4.69) is 26.0 Å². The van der Waals surface area contributed by atoms with E-state index in [0.717, 1.165) is 57.8 Å². The van der Waals surface area contributed by atoms with Gasteiger partial charge < -0.3 is 27.9 Å². The first kappa shape index (κ1) is 45.8. The fourth-order valence-corrected chi connectivity index (χ4v) is 5.73. The Hall–Kier alpha value is -1.25. The highest BCUT2D eigenvalue weighted by molar-refractivity contribution is 7.45. The number of esters is 2. The molecule has 0 aromatic heterocycles. The van der Waals surface area contributed by atoms with E-state index in [4.69, 9.17) is 18.5 Å². The van der Waals surface area contributed by atoms with Crippen LogP contribution in [0.3, 0.4) is 0 Å². The smallest absolute Gasteiger partial charge is 0.306 e. The molecule has 0 heterocycles. The summed E-state index contributed by atoms with van der Waals surface area (Å²) >= 11 is 0. The Morgan fingerprint density at radius 2 is 1.09 bits per heavy atom. The van der Waals surface area contributed by atoms with Crippen LogP contribution in [0.1, 0.15) is 162 Å². The lowest BCUT2D eigenvalue weighted by Gasteiger charge is -2.28. The number of likely N-dealkylation sites (N-methyl/N-ethyl adjacent to an activating group) is 1. The molecule has 0 saturated carbocycles. The van der Waals surface area contributed by atoms with Crippen LogP contribution in [-0.4, -0.2) is 70.0 Å². The third-order valence-electron chi connectivity index (χ3n) is 8.04. The maximum atomic E-state index is 12.5. The van der Waals surface area contributed by atoms with Crippen molar-refractivity contribution in [2.45, 2.75) is 168 Å². The summed E-state index contributed by atoms with van der Waals surface area (Å²) in [7, 11) is 1.16. The topological polar surface area (TPSA) is 111 Å². The van der Waals surface area contributed by atoms with Gasteiger partial charge in [-0.05, 0) is 38.5 Å². The van der Waals surface area contributed by atoms with E-state index < -0.39 is 32.5 Å². The minimum absolute atomic E-state index is 0.0295. The summed E-state index contributed by atoms with van der Waals surface area (Å²) in [4.78, 5) is 37.2. The molecular weight excluding hydrogens is 617 g/mol. The normalized spacial score (nSPS) is 13.9. The number of hydrogen-bond acceptors (Lipinski definition) is 8. The van der Waals surface area contributed by atoms with E-state index in [1.807, 2.05) is 21.1 Å². The van der Waals surface area contributed by atoms with Crippen molar-refractivity contribution in [2.75, 3.05) is 47.5 Å². The molecule has 10 heteroatoms. The summed E-state index contributed by atoms with van der Waals surface area (Å²) in [6, 6.07) is 0. The van der Waals surface area contributed by atoms with E-state index in [-0.39, 0.29) is 26.1 Å². The second kappa shape index (κ2) is 30.8. The van der Waals surface area contributed by atoms with Crippen molar-refractivity contribution in [3.8, 4) is 0 Å². The van der Waals surface area contributed by atoms with Crippen LogP contribution >= 0.6 is 7.82 Å². The van der Waals surface area contributed by atoms with E-state index in [1.54, 1.807) is 0 Å². The molecule has 0 aliphatic carbocycles. The number of unbranched alkanes of at least 4 members (excludes halogenated alkanes) is 18. The molecule has 0 N–H and O–H groups in total. The molecule has 0 aliphatic rings. The highest BCUT2D eigenvalue weighted by Crippen LogP contribution is 2.38. The van der Waals surface area contributed by atoms with Crippen LogP contribution in [0.2, 0.25) is 0 Å².